The quantitative estimate of drug-likeness (QED) is 0.673. The van der Waals surface area contributed by atoms with Gasteiger partial charge in [-0.15, -0.1) is 0 Å². The van der Waals surface area contributed by atoms with E-state index in [1.807, 2.05) is 6.92 Å². The normalized spacial score (nSPS) is 25.0. The van der Waals surface area contributed by atoms with Crippen LogP contribution in [-0.2, 0) is 20.0 Å². The van der Waals surface area contributed by atoms with Gasteiger partial charge in [-0.2, -0.15) is 0 Å². The summed E-state index contributed by atoms with van der Waals surface area (Å²) in [6, 6.07) is 4.01. The first-order valence-electron chi connectivity index (χ1n) is 8.36. The highest BCUT2D eigenvalue weighted by molar-refractivity contribution is 7.90. The molecule has 1 aromatic rings. The fourth-order valence-corrected chi connectivity index (χ4v) is 6.01. The Morgan fingerprint density at radius 1 is 1.20 bits per heavy atom. The first kappa shape index (κ1) is 20.3. The summed E-state index contributed by atoms with van der Waals surface area (Å²) in [6.07, 6.45) is 3.63. The maximum atomic E-state index is 12.9. The summed E-state index contributed by atoms with van der Waals surface area (Å²) in [5, 5.41) is 0. The van der Waals surface area contributed by atoms with Crippen LogP contribution in [0.3, 0.4) is 0 Å². The highest BCUT2D eigenvalue weighted by atomic mass is 32.2. The van der Waals surface area contributed by atoms with Crippen molar-refractivity contribution in [2.24, 2.45) is 11.7 Å². The number of benzene rings is 1. The molecule has 0 aliphatic heterocycles. The fourth-order valence-electron chi connectivity index (χ4n) is 3.44. The topological polar surface area (TPSA) is 118 Å². The van der Waals surface area contributed by atoms with Gasteiger partial charge in [0.2, 0.25) is 20.0 Å². The van der Waals surface area contributed by atoms with Gasteiger partial charge in [-0.25, -0.2) is 26.3 Å². The summed E-state index contributed by atoms with van der Waals surface area (Å²) in [5.74, 6) is 0.145. The van der Waals surface area contributed by atoms with E-state index in [1.54, 1.807) is 6.92 Å². The maximum Gasteiger partial charge on any atom is 0.241 e. The average Bonchev–Trinajstić information content (AvgIpc) is 2.56. The summed E-state index contributed by atoms with van der Waals surface area (Å²) < 4.78 is 54.7. The van der Waals surface area contributed by atoms with E-state index in [1.165, 1.54) is 25.2 Å². The Morgan fingerprint density at radius 2 is 1.88 bits per heavy atom. The number of nitrogens with two attached hydrogens (primary N) is 1. The standard InChI is InChI=1S/C16H27N3O4S2/c1-12-10-14(7-8-15(12)25(22,23)18-3)24(20,21)19-16(11-17)9-5-4-6-13(16)2/h7-8,10,13,18-19H,4-6,9,11,17H2,1-3H3. The monoisotopic (exact) mass is 389 g/mol. The van der Waals surface area contributed by atoms with Gasteiger partial charge in [0.1, 0.15) is 0 Å². The Labute approximate surface area is 150 Å². The third-order valence-electron chi connectivity index (χ3n) is 5.17. The molecule has 0 amide bonds. The molecule has 0 heterocycles. The second kappa shape index (κ2) is 7.32. The highest BCUT2D eigenvalue weighted by Crippen LogP contribution is 2.34. The number of nitrogens with one attached hydrogen (secondary N) is 2. The number of hydrogen-bond acceptors (Lipinski definition) is 5. The van der Waals surface area contributed by atoms with E-state index in [9.17, 15) is 16.8 Å². The van der Waals surface area contributed by atoms with Gasteiger partial charge in [0.15, 0.2) is 0 Å². The lowest BCUT2D eigenvalue weighted by molar-refractivity contribution is 0.191. The van der Waals surface area contributed by atoms with Crippen molar-refractivity contribution in [1.29, 1.82) is 0 Å². The highest BCUT2D eigenvalue weighted by Gasteiger charge is 2.40. The minimum absolute atomic E-state index is 0.0469. The number of rotatable bonds is 6. The molecule has 0 bridgehead atoms. The van der Waals surface area contributed by atoms with Crippen molar-refractivity contribution in [2.75, 3.05) is 13.6 Å². The molecular formula is C16H27N3O4S2. The van der Waals surface area contributed by atoms with Gasteiger partial charge in [-0.3, -0.25) is 0 Å². The predicted octanol–water partition coefficient (Wildman–Crippen LogP) is 1.09. The first-order valence-corrected chi connectivity index (χ1v) is 11.3. The molecule has 0 aromatic heterocycles. The Hall–Kier alpha value is -1.00. The Kier molecular flexibility index (Phi) is 5.95. The van der Waals surface area contributed by atoms with Crippen LogP contribution in [0.1, 0.15) is 38.2 Å². The van der Waals surface area contributed by atoms with E-state index in [4.69, 9.17) is 5.73 Å². The number of hydrogen-bond donors (Lipinski definition) is 3. The van der Waals surface area contributed by atoms with Gasteiger partial charge >= 0.3 is 0 Å². The molecule has 25 heavy (non-hydrogen) atoms. The second-order valence-electron chi connectivity index (χ2n) is 6.75. The number of sulfonamides is 2. The van der Waals surface area contributed by atoms with Gasteiger partial charge in [-0.1, -0.05) is 19.8 Å². The Bertz CT molecular complexity index is 837. The smallest absolute Gasteiger partial charge is 0.241 e. The van der Waals surface area contributed by atoms with Crippen molar-refractivity contribution in [3.8, 4) is 0 Å². The molecule has 1 saturated carbocycles. The van der Waals surface area contributed by atoms with Crippen LogP contribution in [-0.4, -0.2) is 36.0 Å². The molecule has 7 nitrogen and oxygen atoms in total. The van der Waals surface area contributed by atoms with Crippen LogP contribution in [0.15, 0.2) is 28.0 Å². The lowest BCUT2D eigenvalue weighted by Crippen LogP contribution is -2.58. The van der Waals surface area contributed by atoms with Gasteiger partial charge in [-0.05, 0) is 56.5 Å². The second-order valence-corrected chi connectivity index (χ2v) is 10.3. The molecule has 0 saturated heterocycles. The molecule has 1 aromatic carbocycles. The largest absolute Gasteiger partial charge is 0.329 e. The zero-order valence-corrected chi connectivity index (χ0v) is 16.5. The van der Waals surface area contributed by atoms with Gasteiger partial charge in [0.05, 0.1) is 9.79 Å². The van der Waals surface area contributed by atoms with Crippen LogP contribution in [0.4, 0.5) is 0 Å². The van der Waals surface area contributed by atoms with E-state index in [-0.39, 0.29) is 22.3 Å². The average molecular weight is 390 g/mol. The molecule has 1 aliphatic rings. The lowest BCUT2D eigenvalue weighted by Gasteiger charge is -2.42. The molecule has 1 fully saturated rings. The molecule has 2 rings (SSSR count). The molecule has 9 heteroatoms. The molecule has 0 spiro atoms. The van der Waals surface area contributed by atoms with Crippen molar-refractivity contribution in [2.45, 2.75) is 54.9 Å². The van der Waals surface area contributed by atoms with Crippen molar-refractivity contribution >= 4 is 20.0 Å². The van der Waals surface area contributed by atoms with E-state index >= 15 is 0 Å². The summed E-state index contributed by atoms with van der Waals surface area (Å²) in [5.41, 5.74) is 5.65. The molecule has 4 N–H and O–H groups in total. The first-order chi connectivity index (χ1) is 11.6. The van der Waals surface area contributed by atoms with Crippen molar-refractivity contribution in [1.82, 2.24) is 9.44 Å². The number of aryl methyl sites for hydroxylation is 1. The van der Waals surface area contributed by atoms with E-state index in [0.717, 1.165) is 19.3 Å². The zero-order valence-electron chi connectivity index (χ0n) is 14.9. The van der Waals surface area contributed by atoms with Crippen LogP contribution in [0.25, 0.3) is 0 Å². The molecule has 2 unspecified atom stereocenters. The Morgan fingerprint density at radius 3 is 2.40 bits per heavy atom. The van der Waals surface area contributed by atoms with Crippen LogP contribution >= 0.6 is 0 Å². The van der Waals surface area contributed by atoms with Crippen molar-refractivity contribution in [3.63, 3.8) is 0 Å². The van der Waals surface area contributed by atoms with Crippen LogP contribution in [0, 0.1) is 12.8 Å². The molecule has 142 valence electrons. The van der Waals surface area contributed by atoms with Gasteiger partial charge in [0.25, 0.3) is 0 Å². The molecule has 1 aliphatic carbocycles. The van der Waals surface area contributed by atoms with E-state index in [2.05, 4.69) is 9.44 Å². The Balaban J connectivity index is 2.38. The fraction of sp³-hybridized carbons (Fsp3) is 0.625. The maximum absolute atomic E-state index is 12.9. The molecular weight excluding hydrogens is 362 g/mol. The minimum atomic E-state index is -3.80. The predicted molar refractivity (Wildman–Crippen MR) is 97.2 cm³/mol. The van der Waals surface area contributed by atoms with E-state index < -0.39 is 25.6 Å². The third kappa shape index (κ3) is 4.06. The minimum Gasteiger partial charge on any atom is -0.329 e. The van der Waals surface area contributed by atoms with Crippen LogP contribution < -0.4 is 15.2 Å². The van der Waals surface area contributed by atoms with Crippen molar-refractivity contribution in [3.05, 3.63) is 23.8 Å². The summed E-state index contributed by atoms with van der Waals surface area (Å²) in [4.78, 5) is 0.110. The van der Waals surface area contributed by atoms with E-state index in [0.29, 0.717) is 12.0 Å². The lowest BCUT2D eigenvalue weighted by atomic mass is 9.74. The van der Waals surface area contributed by atoms with Gasteiger partial charge < -0.3 is 5.73 Å². The molecule has 0 radical (unpaired) electrons. The van der Waals surface area contributed by atoms with Crippen LogP contribution in [0.2, 0.25) is 0 Å². The van der Waals surface area contributed by atoms with Gasteiger partial charge in [0, 0.05) is 12.1 Å². The van der Waals surface area contributed by atoms with Crippen LogP contribution in [0.5, 0.6) is 0 Å². The third-order valence-corrected chi connectivity index (χ3v) is 8.29. The SMILES string of the molecule is CNS(=O)(=O)c1ccc(S(=O)(=O)NC2(CN)CCCCC2C)cc1C. The summed E-state index contributed by atoms with van der Waals surface area (Å²) in [7, 11) is -6.11. The zero-order chi connectivity index (χ0) is 18.9. The molecule has 2 atom stereocenters. The summed E-state index contributed by atoms with van der Waals surface area (Å²) in [6.45, 7) is 3.83. The summed E-state index contributed by atoms with van der Waals surface area (Å²) >= 11 is 0. The van der Waals surface area contributed by atoms with Crippen molar-refractivity contribution < 1.29 is 16.8 Å².